The second-order valence-corrected chi connectivity index (χ2v) is 6.09. The lowest BCUT2D eigenvalue weighted by Gasteiger charge is -2.10. The van der Waals surface area contributed by atoms with Crippen molar-refractivity contribution in [2.45, 2.75) is 19.3 Å². The molecule has 4 N–H and O–H groups in total. The average Bonchev–Trinajstić information content (AvgIpc) is 2.65. The molecule has 0 amide bonds. The van der Waals surface area contributed by atoms with Crippen LogP contribution in [0.5, 0.6) is 0 Å². The van der Waals surface area contributed by atoms with Gasteiger partial charge in [0, 0.05) is 12.2 Å². The van der Waals surface area contributed by atoms with E-state index in [1.54, 1.807) is 12.3 Å². The molecule has 26 heavy (non-hydrogen) atoms. The molecule has 2 aromatic heterocycles. The molecule has 2 heterocycles. The van der Waals surface area contributed by atoms with Gasteiger partial charge in [0.15, 0.2) is 5.82 Å². The molecule has 0 fully saturated rings. The van der Waals surface area contributed by atoms with Gasteiger partial charge in [-0.15, -0.1) is 0 Å². The Morgan fingerprint density at radius 3 is 2.81 bits per heavy atom. The van der Waals surface area contributed by atoms with Gasteiger partial charge in [-0.25, -0.2) is 24.3 Å². The Labute approximate surface area is 155 Å². The van der Waals surface area contributed by atoms with E-state index in [0.717, 1.165) is 25.8 Å². The second kappa shape index (κ2) is 8.68. The van der Waals surface area contributed by atoms with Crippen LogP contribution in [0.1, 0.15) is 19.3 Å². The number of anilines is 3. The Kier molecular flexibility index (Phi) is 6.08. The van der Waals surface area contributed by atoms with Gasteiger partial charge in [0.05, 0.1) is 11.2 Å². The first-order valence-corrected chi connectivity index (χ1v) is 8.69. The number of aromatic nitrogens is 4. The Morgan fingerprint density at radius 2 is 2.00 bits per heavy atom. The van der Waals surface area contributed by atoms with Crippen LogP contribution in [0.15, 0.2) is 30.7 Å². The van der Waals surface area contributed by atoms with Crippen molar-refractivity contribution >= 4 is 40.1 Å². The molecule has 136 valence electrons. The summed E-state index contributed by atoms with van der Waals surface area (Å²) in [6, 6.07) is 4.35. The van der Waals surface area contributed by atoms with E-state index >= 15 is 0 Å². The van der Waals surface area contributed by atoms with Gasteiger partial charge in [0.1, 0.15) is 23.2 Å². The van der Waals surface area contributed by atoms with Crippen LogP contribution >= 0.6 is 11.6 Å². The van der Waals surface area contributed by atoms with Crippen molar-refractivity contribution in [2.75, 3.05) is 23.7 Å². The van der Waals surface area contributed by atoms with Crippen LogP contribution in [-0.2, 0) is 0 Å². The summed E-state index contributed by atoms with van der Waals surface area (Å²) in [5.74, 6) is 0.514. The highest BCUT2D eigenvalue weighted by Gasteiger charge is 2.09. The highest BCUT2D eigenvalue weighted by molar-refractivity contribution is 6.31. The third-order valence-corrected chi connectivity index (χ3v) is 4.01. The second-order valence-electron chi connectivity index (χ2n) is 5.68. The summed E-state index contributed by atoms with van der Waals surface area (Å²) in [4.78, 5) is 17.1. The summed E-state index contributed by atoms with van der Waals surface area (Å²) in [6.07, 6.45) is 6.10. The summed E-state index contributed by atoms with van der Waals surface area (Å²) in [7, 11) is 0. The Balaban J connectivity index is 1.78. The number of nitrogens with one attached hydrogen (secondary N) is 2. The first kappa shape index (κ1) is 18.2. The summed E-state index contributed by atoms with van der Waals surface area (Å²) < 4.78 is 13.3. The first-order chi connectivity index (χ1) is 12.7. The zero-order valence-electron chi connectivity index (χ0n) is 14.0. The minimum atomic E-state index is -0.479. The van der Waals surface area contributed by atoms with Crippen molar-refractivity contribution in [3.05, 3.63) is 41.6 Å². The van der Waals surface area contributed by atoms with E-state index < -0.39 is 5.82 Å². The molecule has 7 nitrogen and oxygen atoms in total. The van der Waals surface area contributed by atoms with Crippen LogP contribution in [-0.4, -0.2) is 33.0 Å². The molecular weight excluding hydrogens is 357 g/mol. The number of benzene rings is 1. The molecule has 0 saturated heterocycles. The minimum absolute atomic E-state index is 0.0304. The van der Waals surface area contributed by atoms with Crippen LogP contribution in [0, 0.1) is 5.82 Å². The van der Waals surface area contributed by atoms with Gasteiger partial charge < -0.3 is 16.4 Å². The lowest BCUT2D eigenvalue weighted by atomic mass is 10.2. The molecular formula is C17H19ClFN7. The maximum absolute atomic E-state index is 13.3. The smallest absolute Gasteiger partial charge is 0.223 e. The van der Waals surface area contributed by atoms with Crippen LogP contribution < -0.4 is 16.4 Å². The molecule has 0 spiro atoms. The quantitative estimate of drug-likeness (QED) is 0.518. The molecule has 9 heteroatoms. The van der Waals surface area contributed by atoms with Crippen molar-refractivity contribution in [1.29, 1.82) is 0 Å². The molecule has 0 saturated carbocycles. The SMILES string of the molecule is NCCCCCNc1ncc2ncnc(Nc3ccc(F)c(Cl)c3)c2n1. The van der Waals surface area contributed by atoms with Crippen molar-refractivity contribution < 1.29 is 4.39 Å². The lowest BCUT2D eigenvalue weighted by Crippen LogP contribution is -2.07. The van der Waals surface area contributed by atoms with E-state index in [-0.39, 0.29) is 5.02 Å². The number of hydrogen-bond donors (Lipinski definition) is 3. The molecule has 0 atom stereocenters. The molecule has 0 aliphatic carbocycles. The predicted octanol–water partition coefficient (Wildman–Crippen LogP) is 3.50. The summed E-state index contributed by atoms with van der Waals surface area (Å²) in [5.41, 5.74) is 7.25. The third kappa shape index (κ3) is 4.53. The molecule has 0 bridgehead atoms. The number of halogens is 2. The van der Waals surface area contributed by atoms with Gasteiger partial charge in [-0.1, -0.05) is 18.0 Å². The fourth-order valence-electron chi connectivity index (χ4n) is 2.39. The van der Waals surface area contributed by atoms with Crippen LogP contribution in [0.25, 0.3) is 11.0 Å². The molecule has 0 radical (unpaired) electrons. The van der Waals surface area contributed by atoms with Crippen LogP contribution in [0.2, 0.25) is 5.02 Å². The zero-order chi connectivity index (χ0) is 18.4. The topological polar surface area (TPSA) is 102 Å². The first-order valence-electron chi connectivity index (χ1n) is 8.31. The van der Waals surface area contributed by atoms with E-state index in [4.69, 9.17) is 17.3 Å². The molecule has 1 aromatic carbocycles. The highest BCUT2D eigenvalue weighted by atomic mass is 35.5. The van der Waals surface area contributed by atoms with Gasteiger partial charge in [0.25, 0.3) is 0 Å². The van der Waals surface area contributed by atoms with E-state index in [0.29, 0.717) is 35.0 Å². The predicted molar refractivity (Wildman–Crippen MR) is 101 cm³/mol. The summed E-state index contributed by atoms with van der Waals surface area (Å²) >= 11 is 5.83. The molecule has 0 aliphatic rings. The summed E-state index contributed by atoms with van der Waals surface area (Å²) in [6.45, 7) is 1.46. The monoisotopic (exact) mass is 375 g/mol. The normalized spacial score (nSPS) is 10.9. The molecule has 0 unspecified atom stereocenters. The van der Waals surface area contributed by atoms with Gasteiger partial charge in [-0.2, -0.15) is 0 Å². The van der Waals surface area contributed by atoms with Crippen molar-refractivity contribution in [2.24, 2.45) is 5.73 Å². The van der Waals surface area contributed by atoms with Crippen molar-refractivity contribution in [1.82, 2.24) is 19.9 Å². The largest absolute Gasteiger partial charge is 0.354 e. The molecule has 3 aromatic rings. The van der Waals surface area contributed by atoms with Crippen molar-refractivity contribution in [3.63, 3.8) is 0 Å². The van der Waals surface area contributed by atoms with Crippen LogP contribution in [0.3, 0.4) is 0 Å². The standard InChI is InChI=1S/C17H19ClFN7/c18-12-8-11(4-5-13(12)19)25-16-15-14(23-10-24-16)9-22-17(26-15)21-7-3-1-2-6-20/h4-5,8-10H,1-3,6-7,20H2,(H,21,22,26)(H,23,24,25). The average molecular weight is 376 g/mol. The van der Waals surface area contributed by atoms with Crippen LogP contribution in [0.4, 0.5) is 21.8 Å². The fraction of sp³-hybridized carbons (Fsp3) is 0.294. The number of unbranched alkanes of at least 4 members (excludes halogenated alkanes) is 2. The zero-order valence-corrected chi connectivity index (χ0v) is 14.8. The Hall–Kier alpha value is -2.58. The van der Waals surface area contributed by atoms with Gasteiger partial charge in [0.2, 0.25) is 5.95 Å². The Morgan fingerprint density at radius 1 is 1.12 bits per heavy atom. The number of hydrogen-bond acceptors (Lipinski definition) is 7. The van der Waals surface area contributed by atoms with E-state index in [1.165, 1.54) is 18.5 Å². The number of nitrogens with zero attached hydrogens (tertiary/aromatic N) is 4. The third-order valence-electron chi connectivity index (χ3n) is 3.72. The number of nitrogens with two attached hydrogens (primary N) is 1. The molecule has 3 rings (SSSR count). The number of rotatable bonds is 8. The lowest BCUT2D eigenvalue weighted by molar-refractivity contribution is 0.628. The Bertz CT molecular complexity index is 890. The summed E-state index contributed by atoms with van der Waals surface area (Å²) in [5, 5.41) is 6.31. The van der Waals surface area contributed by atoms with Crippen molar-refractivity contribution in [3.8, 4) is 0 Å². The van der Waals surface area contributed by atoms with Gasteiger partial charge >= 0.3 is 0 Å². The van der Waals surface area contributed by atoms with E-state index in [1.807, 2.05) is 0 Å². The van der Waals surface area contributed by atoms with Gasteiger partial charge in [-0.3, -0.25) is 0 Å². The van der Waals surface area contributed by atoms with E-state index in [9.17, 15) is 4.39 Å². The highest BCUT2D eigenvalue weighted by Crippen LogP contribution is 2.25. The molecule has 0 aliphatic heterocycles. The van der Waals surface area contributed by atoms with E-state index in [2.05, 4.69) is 30.6 Å². The maximum atomic E-state index is 13.3. The number of fused-ring (bicyclic) bond motifs is 1. The maximum Gasteiger partial charge on any atom is 0.223 e. The fourth-order valence-corrected chi connectivity index (χ4v) is 2.57. The van der Waals surface area contributed by atoms with Gasteiger partial charge in [-0.05, 0) is 37.6 Å². The minimum Gasteiger partial charge on any atom is -0.354 e.